The van der Waals surface area contributed by atoms with Gasteiger partial charge in [0.2, 0.25) is 0 Å². The molecule has 23 heavy (non-hydrogen) atoms. The van der Waals surface area contributed by atoms with Crippen LogP contribution in [0.4, 0.5) is 26.3 Å². The third kappa shape index (κ3) is 4.99. The Kier molecular flexibility index (Phi) is 7.92. The molecule has 0 radical (unpaired) electrons. The van der Waals surface area contributed by atoms with Crippen LogP contribution in [0.25, 0.3) is 0 Å². The first-order chi connectivity index (χ1) is 9.51. The summed E-state index contributed by atoms with van der Waals surface area (Å²) in [4.78, 5) is 0. The summed E-state index contributed by atoms with van der Waals surface area (Å²) in [5.41, 5.74) is -0.328. The molecule has 0 amide bonds. The standard InChI is InChI=1S/2C7H6F3.2ClH.Zr/c2*1-5-2-3-6(4-5)7(8,9)10;;;/h2*3H,2H2,1H3;2*1H;/q;;;;+2/p-2. The molecule has 2 rings (SSSR count). The second kappa shape index (κ2) is 7.92. The zero-order valence-corrected chi connectivity index (χ0v) is 16.1. The Morgan fingerprint density at radius 2 is 1.04 bits per heavy atom. The molecular weight excluding hydrogens is 444 g/mol. The molecule has 0 atom stereocenters. The predicted molar refractivity (Wildman–Crippen MR) is 62.9 cm³/mol. The van der Waals surface area contributed by atoms with Gasteiger partial charge in [-0.2, -0.15) is 0 Å². The van der Waals surface area contributed by atoms with E-state index in [1.807, 2.05) is 0 Å². The summed E-state index contributed by atoms with van der Waals surface area (Å²) in [5, 5.41) is 0. The molecule has 0 saturated heterocycles. The summed E-state index contributed by atoms with van der Waals surface area (Å²) in [7, 11) is 0. The number of hydrogen-bond donors (Lipinski definition) is 0. The summed E-state index contributed by atoms with van der Waals surface area (Å²) in [6, 6.07) is 0. The van der Waals surface area contributed by atoms with E-state index in [1.54, 1.807) is 13.8 Å². The van der Waals surface area contributed by atoms with Crippen molar-refractivity contribution in [3.8, 4) is 0 Å². The van der Waals surface area contributed by atoms with E-state index < -0.39 is 46.7 Å². The van der Waals surface area contributed by atoms with Crippen molar-refractivity contribution >= 4 is 0 Å². The van der Waals surface area contributed by atoms with Crippen LogP contribution in [-0.4, -0.2) is 12.4 Å². The molecule has 0 aromatic heterocycles. The molecule has 0 spiro atoms. The molecule has 0 aromatic rings. The maximum absolute atomic E-state index is 13.0. The van der Waals surface area contributed by atoms with Crippen LogP contribution < -0.4 is 24.8 Å². The zero-order chi connectivity index (χ0) is 16.0. The van der Waals surface area contributed by atoms with Crippen molar-refractivity contribution in [1.82, 2.24) is 0 Å². The van der Waals surface area contributed by atoms with Gasteiger partial charge in [-0.15, -0.1) is 0 Å². The van der Waals surface area contributed by atoms with Gasteiger partial charge >= 0.3 is 130 Å². The zero-order valence-electron chi connectivity index (χ0n) is 12.1. The van der Waals surface area contributed by atoms with Crippen LogP contribution >= 0.6 is 0 Å². The predicted octanol–water partition coefficient (Wildman–Crippen LogP) is -0.590. The molecule has 0 heterocycles. The SMILES string of the molecule is CC1=[C]([Zr+2][C]2=C(C)CC=C2C(F)(F)F)C(C(F)(F)F)=CC1.[Cl-].[Cl-]. The quantitative estimate of drug-likeness (QED) is 0.488. The Morgan fingerprint density at radius 1 is 0.739 bits per heavy atom. The monoisotopic (exact) mass is 454 g/mol. The summed E-state index contributed by atoms with van der Waals surface area (Å²) >= 11 is -2.14. The minimum atomic E-state index is -4.48. The van der Waals surface area contributed by atoms with Crippen LogP contribution in [0.15, 0.2) is 41.0 Å². The van der Waals surface area contributed by atoms with Crippen molar-refractivity contribution in [2.45, 2.75) is 39.0 Å². The van der Waals surface area contributed by atoms with Crippen LogP contribution in [0.1, 0.15) is 26.7 Å². The average molecular weight is 456 g/mol. The van der Waals surface area contributed by atoms with Crippen molar-refractivity contribution in [2.24, 2.45) is 0 Å². The first-order valence-corrected chi connectivity index (χ1v) is 8.69. The van der Waals surface area contributed by atoms with Gasteiger partial charge < -0.3 is 24.8 Å². The van der Waals surface area contributed by atoms with Gasteiger partial charge in [0, 0.05) is 0 Å². The number of rotatable bonds is 2. The Morgan fingerprint density at radius 3 is 1.30 bits per heavy atom. The number of alkyl halides is 6. The Balaban J connectivity index is 0.00000242. The fraction of sp³-hybridized carbons (Fsp3) is 0.429. The maximum atomic E-state index is 13.0. The second-order valence-electron chi connectivity index (χ2n) is 5.08. The fourth-order valence-electron chi connectivity index (χ4n) is 2.37. The van der Waals surface area contributed by atoms with Crippen LogP contribution in [0.2, 0.25) is 0 Å². The van der Waals surface area contributed by atoms with E-state index in [4.69, 9.17) is 0 Å². The smallest absolute Gasteiger partial charge is 1.00 e. The maximum Gasteiger partial charge on any atom is -1.00 e. The minimum absolute atomic E-state index is 0. The van der Waals surface area contributed by atoms with Crippen molar-refractivity contribution in [2.75, 3.05) is 0 Å². The third-order valence-corrected chi connectivity index (χ3v) is 8.13. The van der Waals surface area contributed by atoms with Crippen molar-refractivity contribution in [3.05, 3.63) is 41.0 Å². The molecule has 9 heteroatoms. The molecule has 0 aliphatic heterocycles. The molecule has 0 fully saturated rings. The Hall–Kier alpha value is 0.00312. The van der Waals surface area contributed by atoms with Gasteiger partial charge in [0.05, 0.1) is 0 Å². The molecule has 2 aliphatic rings. The molecular formula is C14H12Cl2F6Zr. The third-order valence-electron chi connectivity index (χ3n) is 3.48. The number of hydrogen-bond acceptors (Lipinski definition) is 0. The topological polar surface area (TPSA) is 0 Å². The largest absolute Gasteiger partial charge is 1.00 e. The van der Waals surface area contributed by atoms with Gasteiger partial charge in [0.1, 0.15) is 0 Å². The van der Waals surface area contributed by atoms with Crippen LogP contribution in [0, 0.1) is 0 Å². The van der Waals surface area contributed by atoms with Gasteiger partial charge in [-0.3, -0.25) is 0 Å². The van der Waals surface area contributed by atoms with E-state index in [-0.39, 0.29) is 44.2 Å². The Bertz CT molecular complexity index is 541. The van der Waals surface area contributed by atoms with Gasteiger partial charge in [0.25, 0.3) is 0 Å². The minimum Gasteiger partial charge on any atom is -1.00 e. The molecule has 0 bridgehead atoms. The molecule has 0 saturated carbocycles. The summed E-state index contributed by atoms with van der Waals surface area (Å²) in [6.07, 6.45) is -6.42. The van der Waals surface area contributed by atoms with Crippen LogP contribution in [-0.2, 0) is 23.2 Å². The first kappa shape index (κ1) is 23.0. The van der Waals surface area contributed by atoms with E-state index in [0.29, 0.717) is 11.1 Å². The Labute approximate surface area is 154 Å². The summed E-state index contributed by atoms with van der Waals surface area (Å²) in [5.74, 6) is 0. The van der Waals surface area contributed by atoms with Crippen molar-refractivity contribution < 1.29 is 74.4 Å². The summed E-state index contributed by atoms with van der Waals surface area (Å²) in [6.45, 7) is 3.15. The van der Waals surface area contributed by atoms with E-state index in [0.717, 1.165) is 12.2 Å². The normalized spacial score (nSPS) is 18.3. The van der Waals surface area contributed by atoms with Crippen molar-refractivity contribution in [1.29, 1.82) is 0 Å². The number of halogens is 8. The van der Waals surface area contributed by atoms with E-state index in [9.17, 15) is 26.3 Å². The van der Waals surface area contributed by atoms with E-state index >= 15 is 0 Å². The second-order valence-corrected chi connectivity index (χ2v) is 8.15. The van der Waals surface area contributed by atoms with Crippen LogP contribution in [0.3, 0.4) is 0 Å². The first-order valence-electron chi connectivity index (χ1n) is 6.23. The number of allylic oxidation sites excluding steroid dienone is 8. The molecule has 128 valence electrons. The summed E-state index contributed by atoms with van der Waals surface area (Å²) < 4.78 is 78.1. The molecule has 0 unspecified atom stereocenters. The van der Waals surface area contributed by atoms with Crippen molar-refractivity contribution in [3.63, 3.8) is 0 Å². The van der Waals surface area contributed by atoms with E-state index in [2.05, 4.69) is 0 Å². The van der Waals surface area contributed by atoms with Gasteiger partial charge in [-0.1, -0.05) is 0 Å². The molecule has 0 nitrogen and oxygen atoms in total. The van der Waals surface area contributed by atoms with Crippen LogP contribution in [0.5, 0.6) is 0 Å². The molecule has 0 N–H and O–H groups in total. The fourth-order valence-corrected chi connectivity index (χ4v) is 6.39. The molecule has 0 aromatic carbocycles. The van der Waals surface area contributed by atoms with Gasteiger partial charge in [-0.25, -0.2) is 0 Å². The van der Waals surface area contributed by atoms with Gasteiger partial charge in [0.15, 0.2) is 0 Å². The molecule has 2 aliphatic carbocycles. The van der Waals surface area contributed by atoms with E-state index in [1.165, 1.54) is 0 Å². The average Bonchev–Trinajstić information content (AvgIpc) is 2.84. The van der Waals surface area contributed by atoms with Gasteiger partial charge in [-0.05, 0) is 0 Å².